The molecule has 0 fully saturated rings. The predicted molar refractivity (Wildman–Crippen MR) is 88.4 cm³/mol. The van der Waals surface area contributed by atoms with E-state index in [2.05, 4.69) is 15.5 Å². The van der Waals surface area contributed by atoms with E-state index in [0.717, 1.165) is 20.9 Å². The van der Waals surface area contributed by atoms with Crippen molar-refractivity contribution in [2.24, 2.45) is 5.10 Å². The lowest BCUT2D eigenvalue weighted by Crippen LogP contribution is -1.93. The topological polar surface area (TPSA) is 55.7 Å². The minimum atomic E-state index is 0.194. The lowest BCUT2D eigenvalue weighted by atomic mass is 10.2. The Morgan fingerprint density at radius 3 is 3.09 bits per heavy atom. The normalized spacial score (nSPS) is 13.1. The van der Waals surface area contributed by atoms with Gasteiger partial charge in [0.1, 0.15) is 0 Å². The van der Waals surface area contributed by atoms with Crippen molar-refractivity contribution in [3.05, 3.63) is 47.0 Å². The molecule has 1 N–H and O–H groups in total. The van der Waals surface area contributed by atoms with Crippen LogP contribution in [0.25, 0.3) is 10.2 Å². The van der Waals surface area contributed by atoms with Crippen molar-refractivity contribution < 1.29 is 9.47 Å². The highest BCUT2D eigenvalue weighted by Crippen LogP contribution is 2.39. The molecular formula is C15H10ClN3O2S. The van der Waals surface area contributed by atoms with Gasteiger partial charge in [0.15, 0.2) is 11.5 Å². The third kappa shape index (κ3) is 2.47. The van der Waals surface area contributed by atoms with Gasteiger partial charge in [-0.3, -0.25) is 5.43 Å². The van der Waals surface area contributed by atoms with Gasteiger partial charge in [0, 0.05) is 0 Å². The van der Waals surface area contributed by atoms with E-state index >= 15 is 0 Å². The number of anilines is 1. The summed E-state index contributed by atoms with van der Waals surface area (Å²) in [5, 5.41) is 5.44. The molecule has 1 aromatic heterocycles. The zero-order valence-electron chi connectivity index (χ0n) is 11.2. The molecule has 22 heavy (non-hydrogen) atoms. The largest absolute Gasteiger partial charge is 0.454 e. The second kappa shape index (κ2) is 5.47. The Morgan fingerprint density at radius 1 is 1.27 bits per heavy atom. The first-order valence-electron chi connectivity index (χ1n) is 6.53. The summed E-state index contributed by atoms with van der Waals surface area (Å²) >= 11 is 7.68. The molecule has 0 aliphatic carbocycles. The second-order valence-electron chi connectivity index (χ2n) is 4.59. The van der Waals surface area contributed by atoms with Gasteiger partial charge < -0.3 is 9.47 Å². The zero-order valence-corrected chi connectivity index (χ0v) is 12.8. The third-order valence-corrected chi connectivity index (χ3v) is 4.34. The summed E-state index contributed by atoms with van der Waals surface area (Å²) in [4.78, 5) is 4.44. The molecule has 0 saturated heterocycles. The zero-order chi connectivity index (χ0) is 14.9. The average molecular weight is 332 g/mol. The molecule has 0 bridgehead atoms. The van der Waals surface area contributed by atoms with Gasteiger partial charge in [-0.1, -0.05) is 35.1 Å². The van der Waals surface area contributed by atoms with E-state index in [9.17, 15) is 0 Å². The summed E-state index contributed by atoms with van der Waals surface area (Å²) in [6.45, 7) is 0.194. The molecule has 3 aromatic rings. The molecule has 0 unspecified atom stereocenters. The maximum absolute atomic E-state index is 6.13. The van der Waals surface area contributed by atoms with Gasteiger partial charge in [-0.15, -0.1) is 0 Å². The number of fused-ring (bicyclic) bond motifs is 2. The van der Waals surface area contributed by atoms with Crippen molar-refractivity contribution in [1.29, 1.82) is 0 Å². The lowest BCUT2D eigenvalue weighted by Gasteiger charge is -2.00. The molecule has 0 spiro atoms. The highest BCUT2D eigenvalue weighted by Gasteiger charge is 2.17. The number of hydrogen-bond donors (Lipinski definition) is 1. The van der Waals surface area contributed by atoms with E-state index in [1.165, 1.54) is 0 Å². The van der Waals surface area contributed by atoms with Crippen molar-refractivity contribution in [3.63, 3.8) is 0 Å². The molecule has 2 aromatic carbocycles. The second-order valence-corrected chi connectivity index (χ2v) is 6.03. The fourth-order valence-electron chi connectivity index (χ4n) is 2.14. The van der Waals surface area contributed by atoms with Gasteiger partial charge in [-0.05, 0) is 29.8 Å². The van der Waals surface area contributed by atoms with Crippen LogP contribution < -0.4 is 14.9 Å². The van der Waals surface area contributed by atoms with Crippen LogP contribution in [0.4, 0.5) is 5.13 Å². The number of thiazole rings is 1. The van der Waals surface area contributed by atoms with Crippen LogP contribution in [0, 0.1) is 0 Å². The Morgan fingerprint density at radius 2 is 2.18 bits per heavy atom. The van der Waals surface area contributed by atoms with Gasteiger partial charge in [-0.25, -0.2) is 4.98 Å². The molecule has 110 valence electrons. The number of aromatic nitrogens is 1. The molecular weight excluding hydrogens is 322 g/mol. The highest BCUT2D eigenvalue weighted by atomic mass is 35.5. The van der Waals surface area contributed by atoms with E-state index in [-0.39, 0.29) is 6.79 Å². The number of halogens is 1. The van der Waals surface area contributed by atoms with Crippen molar-refractivity contribution in [2.75, 3.05) is 12.2 Å². The van der Waals surface area contributed by atoms with E-state index in [1.807, 2.05) is 30.3 Å². The van der Waals surface area contributed by atoms with Crippen LogP contribution in [0.15, 0.2) is 41.5 Å². The first kappa shape index (κ1) is 13.4. The van der Waals surface area contributed by atoms with Crippen LogP contribution in [0.1, 0.15) is 5.56 Å². The predicted octanol–water partition coefficient (Wildman–Crippen LogP) is 4.12. The summed E-state index contributed by atoms with van der Waals surface area (Å²) in [7, 11) is 0. The number of hydrazone groups is 1. The monoisotopic (exact) mass is 331 g/mol. The Kier molecular flexibility index (Phi) is 3.32. The standard InChI is InChI=1S/C15H10ClN3O2S/c16-10-5-9(6-12-14(10)21-8-20-12)7-17-19-15-18-11-3-1-2-4-13(11)22-15/h1-7H,8H2,(H,18,19)/b17-7-. The number of para-hydroxylation sites is 1. The minimum Gasteiger partial charge on any atom is -0.454 e. The molecule has 1 aliphatic rings. The minimum absolute atomic E-state index is 0.194. The molecule has 0 radical (unpaired) electrons. The number of hydrogen-bond acceptors (Lipinski definition) is 6. The summed E-state index contributed by atoms with van der Waals surface area (Å²) in [5.41, 5.74) is 4.71. The fraction of sp³-hybridized carbons (Fsp3) is 0.0667. The van der Waals surface area contributed by atoms with Gasteiger partial charge in [0.05, 0.1) is 21.5 Å². The highest BCUT2D eigenvalue weighted by molar-refractivity contribution is 7.22. The summed E-state index contributed by atoms with van der Waals surface area (Å²) < 4.78 is 11.7. The van der Waals surface area contributed by atoms with Crippen LogP contribution in [0.3, 0.4) is 0 Å². The SMILES string of the molecule is Clc1cc(/C=N\Nc2nc3ccccc3s2)cc2c1OCO2. The molecule has 0 atom stereocenters. The van der Waals surface area contributed by atoms with Crippen molar-refractivity contribution in [3.8, 4) is 11.5 Å². The summed E-state index contributed by atoms with van der Waals surface area (Å²) in [6, 6.07) is 11.6. The number of rotatable bonds is 3. The van der Waals surface area contributed by atoms with E-state index in [0.29, 0.717) is 16.5 Å². The first-order valence-corrected chi connectivity index (χ1v) is 7.73. The Hall–Kier alpha value is -2.31. The molecule has 5 nitrogen and oxygen atoms in total. The van der Waals surface area contributed by atoms with Gasteiger partial charge in [0.25, 0.3) is 0 Å². The lowest BCUT2D eigenvalue weighted by molar-refractivity contribution is 0.174. The molecule has 1 aliphatic heterocycles. The van der Waals surface area contributed by atoms with E-state index < -0.39 is 0 Å². The molecule has 7 heteroatoms. The molecule has 4 rings (SSSR count). The Balaban J connectivity index is 1.53. The fourth-order valence-corrected chi connectivity index (χ4v) is 3.23. The summed E-state index contributed by atoms with van der Waals surface area (Å²) in [5.74, 6) is 1.21. The number of nitrogens with zero attached hydrogens (tertiary/aromatic N) is 2. The van der Waals surface area contributed by atoms with Crippen LogP contribution >= 0.6 is 22.9 Å². The summed E-state index contributed by atoms with van der Waals surface area (Å²) in [6.07, 6.45) is 1.67. The Labute approximate surface area is 135 Å². The third-order valence-electron chi connectivity index (χ3n) is 3.12. The van der Waals surface area contributed by atoms with Crippen LogP contribution in [0.5, 0.6) is 11.5 Å². The van der Waals surface area contributed by atoms with Crippen LogP contribution in [-0.2, 0) is 0 Å². The maximum atomic E-state index is 6.13. The number of benzene rings is 2. The molecule has 0 amide bonds. The number of nitrogens with one attached hydrogen (secondary N) is 1. The first-order chi connectivity index (χ1) is 10.8. The number of ether oxygens (including phenoxy) is 2. The van der Waals surface area contributed by atoms with Gasteiger partial charge in [-0.2, -0.15) is 5.10 Å². The van der Waals surface area contributed by atoms with Crippen LogP contribution in [-0.4, -0.2) is 18.0 Å². The van der Waals surface area contributed by atoms with E-state index in [1.54, 1.807) is 23.6 Å². The quantitative estimate of drug-likeness (QED) is 0.579. The Bertz CT molecular complexity index is 845. The van der Waals surface area contributed by atoms with Gasteiger partial charge in [0.2, 0.25) is 11.9 Å². The van der Waals surface area contributed by atoms with Gasteiger partial charge >= 0.3 is 0 Å². The maximum Gasteiger partial charge on any atom is 0.231 e. The van der Waals surface area contributed by atoms with Crippen molar-refractivity contribution >= 4 is 44.5 Å². The van der Waals surface area contributed by atoms with E-state index in [4.69, 9.17) is 21.1 Å². The molecule has 2 heterocycles. The van der Waals surface area contributed by atoms with Crippen LogP contribution in [0.2, 0.25) is 5.02 Å². The van der Waals surface area contributed by atoms with Crippen molar-refractivity contribution in [1.82, 2.24) is 4.98 Å². The molecule has 0 saturated carbocycles. The van der Waals surface area contributed by atoms with Crippen molar-refractivity contribution in [2.45, 2.75) is 0 Å². The smallest absolute Gasteiger partial charge is 0.231 e. The average Bonchev–Trinajstić information content (AvgIpc) is 3.13.